The number of nitrogen functional groups attached to an aromatic ring is 1. The van der Waals surface area contributed by atoms with Gasteiger partial charge in [-0.15, -0.1) is 0 Å². The molecule has 1 amide bonds. The number of nitrogens with zero attached hydrogens (tertiary/aromatic N) is 1. The minimum atomic E-state index is -0.0547. The van der Waals surface area contributed by atoms with Crippen LogP contribution in [0.4, 0.5) is 5.69 Å². The number of likely N-dealkylation sites (N-methyl/N-ethyl adjacent to an activating group) is 1. The second kappa shape index (κ2) is 5.57. The van der Waals surface area contributed by atoms with E-state index in [2.05, 4.69) is 0 Å². The molecular weight excluding hydrogens is 216 g/mol. The van der Waals surface area contributed by atoms with E-state index in [1.54, 1.807) is 18.0 Å². The Balaban J connectivity index is 2.61. The van der Waals surface area contributed by atoms with Gasteiger partial charge in [-0.05, 0) is 38.5 Å². The lowest BCUT2D eigenvalue weighted by atomic mass is 10.2. The van der Waals surface area contributed by atoms with Crippen LogP contribution in [0, 0.1) is 6.92 Å². The minimum Gasteiger partial charge on any atom is -0.482 e. The van der Waals surface area contributed by atoms with Crippen LogP contribution in [0.15, 0.2) is 18.2 Å². The largest absolute Gasteiger partial charge is 0.482 e. The third-order valence-electron chi connectivity index (χ3n) is 2.69. The van der Waals surface area contributed by atoms with Crippen molar-refractivity contribution in [1.29, 1.82) is 0 Å². The highest BCUT2D eigenvalue weighted by Crippen LogP contribution is 2.22. The average molecular weight is 236 g/mol. The highest BCUT2D eigenvalue weighted by Gasteiger charge is 2.13. The first-order chi connectivity index (χ1) is 7.91. The van der Waals surface area contributed by atoms with Gasteiger partial charge in [0.05, 0.1) is 5.69 Å². The number of carbonyl (C=O) groups is 1. The molecular formula is C13H20N2O2. The van der Waals surface area contributed by atoms with Crippen LogP contribution in [0.2, 0.25) is 0 Å². The summed E-state index contributed by atoms with van der Waals surface area (Å²) >= 11 is 0. The molecule has 17 heavy (non-hydrogen) atoms. The van der Waals surface area contributed by atoms with Crippen molar-refractivity contribution in [1.82, 2.24) is 4.90 Å². The van der Waals surface area contributed by atoms with Crippen LogP contribution in [0.3, 0.4) is 0 Å². The lowest BCUT2D eigenvalue weighted by molar-refractivity contribution is -0.133. The van der Waals surface area contributed by atoms with Gasteiger partial charge in [0.2, 0.25) is 0 Å². The van der Waals surface area contributed by atoms with E-state index in [0.29, 0.717) is 11.4 Å². The Morgan fingerprint density at radius 3 is 2.71 bits per heavy atom. The van der Waals surface area contributed by atoms with Gasteiger partial charge in [-0.2, -0.15) is 0 Å². The third-order valence-corrected chi connectivity index (χ3v) is 2.69. The number of ether oxygens (including phenoxy) is 1. The molecule has 0 radical (unpaired) electrons. The molecule has 0 aromatic heterocycles. The first-order valence-electron chi connectivity index (χ1n) is 5.66. The van der Waals surface area contributed by atoms with E-state index in [0.717, 1.165) is 5.56 Å². The second-order valence-corrected chi connectivity index (χ2v) is 4.43. The van der Waals surface area contributed by atoms with Gasteiger partial charge >= 0.3 is 0 Å². The lowest BCUT2D eigenvalue weighted by Gasteiger charge is -2.21. The smallest absolute Gasteiger partial charge is 0.260 e. The quantitative estimate of drug-likeness (QED) is 0.811. The van der Waals surface area contributed by atoms with Crippen LogP contribution in [0.5, 0.6) is 5.75 Å². The summed E-state index contributed by atoms with van der Waals surface area (Å²) in [6.45, 7) is 5.88. The molecule has 0 unspecified atom stereocenters. The van der Waals surface area contributed by atoms with Crippen LogP contribution >= 0.6 is 0 Å². The molecule has 0 aliphatic rings. The van der Waals surface area contributed by atoms with E-state index >= 15 is 0 Å². The Morgan fingerprint density at radius 2 is 2.12 bits per heavy atom. The third kappa shape index (κ3) is 3.66. The number of hydrogen-bond donors (Lipinski definition) is 1. The number of nitrogens with two attached hydrogens (primary N) is 1. The maximum absolute atomic E-state index is 11.7. The highest BCUT2D eigenvalue weighted by atomic mass is 16.5. The van der Waals surface area contributed by atoms with Gasteiger partial charge in [-0.3, -0.25) is 4.79 Å². The number of rotatable bonds is 4. The summed E-state index contributed by atoms with van der Waals surface area (Å²) < 4.78 is 5.43. The zero-order valence-corrected chi connectivity index (χ0v) is 10.9. The average Bonchev–Trinajstić information content (AvgIpc) is 2.28. The zero-order valence-electron chi connectivity index (χ0n) is 10.9. The molecule has 0 bridgehead atoms. The fraction of sp³-hybridized carbons (Fsp3) is 0.462. The maximum Gasteiger partial charge on any atom is 0.260 e. The van der Waals surface area contributed by atoms with Crippen molar-refractivity contribution >= 4 is 11.6 Å². The van der Waals surface area contributed by atoms with Crippen molar-refractivity contribution in [3.63, 3.8) is 0 Å². The fourth-order valence-corrected chi connectivity index (χ4v) is 1.30. The first-order valence-corrected chi connectivity index (χ1v) is 5.66. The fourth-order valence-electron chi connectivity index (χ4n) is 1.30. The molecule has 0 aliphatic heterocycles. The van der Waals surface area contributed by atoms with E-state index in [4.69, 9.17) is 10.5 Å². The van der Waals surface area contributed by atoms with Crippen molar-refractivity contribution in [3.05, 3.63) is 23.8 Å². The SMILES string of the molecule is Cc1ccc(N)c(OCC(=O)N(C)C(C)C)c1. The van der Waals surface area contributed by atoms with Gasteiger partial charge in [0.1, 0.15) is 5.75 Å². The molecule has 4 nitrogen and oxygen atoms in total. The Hall–Kier alpha value is -1.71. The molecule has 0 spiro atoms. The van der Waals surface area contributed by atoms with Gasteiger partial charge in [-0.25, -0.2) is 0 Å². The summed E-state index contributed by atoms with van der Waals surface area (Å²) in [5.41, 5.74) is 7.37. The zero-order chi connectivity index (χ0) is 13.0. The monoisotopic (exact) mass is 236 g/mol. The van der Waals surface area contributed by atoms with Crippen molar-refractivity contribution in [3.8, 4) is 5.75 Å². The van der Waals surface area contributed by atoms with Crippen LogP contribution in [0.1, 0.15) is 19.4 Å². The molecule has 0 fully saturated rings. The van der Waals surface area contributed by atoms with Gasteiger partial charge in [0.25, 0.3) is 5.91 Å². The highest BCUT2D eigenvalue weighted by molar-refractivity contribution is 5.78. The summed E-state index contributed by atoms with van der Waals surface area (Å²) in [4.78, 5) is 13.4. The van der Waals surface area contributed by atoms with E-state index in [1.807, 2.05) is 32.9 Å². The van der Waals surface area contributed by atoms with Crippen LogP contribution in [-0.4, -0.2) is 30.5 Å². The van der Waals surface area contributed by atoms with Crippen molar-refractivity contribution in [2.45, 2.75) is 26.8 Å². The molecule has 1 aromatic rings. The van der Waals surface area contributed by atoms with E-state index < -0.39 is 0 Å². The molecule has 1 rings (SSSR count). The Bertz CT molecular complexity index is 402. The number of benzene rings is 1. The molecule has 0 atom stereocenters. The normalized spacial score (nSPS) is 10.4. The molecule has 1 aromatic carbocycles. The van der Waals surface area contributed by atoms with Crippen molar-refractivity contribution < 1.29 is 9.53 Å². The molecule has 0 saturated heterocycles. The Kier molecular flexibility index (Phi) is 4.37. The standard InChI is InChI=1S/C13H20N2O2/c1-9(2)15(4)13(16)8-17-12-7-10(3)5-6-11(12)14/h5-7,9H,8,14H2,1-4H3. The van der Waals surface area contributed by atoms with Crippen LogP contribution in [-0.2, 0) is 4.79 Å². The number of amides is 1. The van der Waals surface area contributed by atoms with Gasteiger partial charge < -0.3 is 15.4 Å². The molecule has 0 saturated carbocycles. The first kappa shape index (κ1) is 13.4. The molecule has 4 heteroatoms. The predicted octanol–water partition coefficient (Wildman–Crippen LogP) is 1.82. The summed E-state index contributed by atoms with van der Waals surface area (Å²) in [5, 5.41) is 0. The Labute approximate surface area is 102 Å². The summed E-state index contributed by atoms with van der Waals surface area (Å²) in [6.07, 6.45) is 0. The Morgan fingerprint density at radius 1 is 1.47 bits per heavy atom. The molecule has 0 aliphatic carbocycles. The van der Waals surface area contributed by atoms with Gasteiger partial charge in [0.15, 0.2) is 6.61 Å². The van der Waals surface area contributed by atoms with E-state index in [-0.39, 0.29) is 18.6 Å². The topological polar surface area (TPSA) is 55.6 Å². The summed E-state index contributed by atoms with van der Waals surface area (Å²) in [7, 11) is 1.76. The van der Waals surface area contributed by atoms with Crippen LogP contribution in [0.25, 0.3) is 0 Å². The number of carbonyl (C=O) groups excluding carboxylic acids is 1. The number of anilines is 1. The van der Waals surface area contributed by atoms with Crippen LogP contribution < -0.4 is 10.5 Å². The lowest BCUT2D eigenvalue weighted by Crippen LogP contribution is -2.36. The van der Waals surface area contributed by atoms with Crippen molar-refractivity contribution in [2.24, 2.45) is 0 Å². The van der Waals surface area contributed by atoms with Gasteiger partial charge in [-0.1, -0.05) is 6.07 Å². The number of aryl methyl sites for hydroxylation is 1. The number of hydrogen-bond acceptors (Lipinski definition) is 3. The summed E-state index contributed by atoms with van der Waals surface area (Å²) in [6, 6.07) is 5.68. The summed E-state index contributed by atoms with van der Waals surface area (Å²) in [5.74, 6) is 0.511. The second-order valence-electron chi connectivity index (χ2n) is 4.43. The molecule has 2 N–H and O–H groups in total. The maximum atomic E-state index is 11.7. The van der Waals surface area contributed by atoms with Crippen molar-refractivity contribution in [2.75, 3.05) is 19.4 Å². The predicted molar refractivity (Wildman–Crippen MR) is 69.0 cm³/mol. The van der Waals surface area contributed by atoms with Gasteiger partial charge in [0, 0.05) is 13.1 Å². The minimum absolute atomic E-state index is 0.0162. The molecule has 0 heterocycles. The molecule has 94 valence electrons. The van der Waals surface area contributed by atoms with E-state index in [1.165, 1.54) is 0 Å². The van der Waals surface area contributed by atoms with E-state index in [9.17, 15) is 4.79 Å².